The molecule has 5 aromatic rings. The summed E-state index contributed by atoms with van der Waals surface area (Å²) in [4.78, 5) is 26.7. The molecule has 0 radical (unpaired) electrons. The van der Waals surface area contributed by atoms with Gasteiger partial charge in [-0.2, -0.15) is 4.98 Å². The SMILES string of the molecule is Cc1nc2ccc(C(=O)Nc3nc4scc(-c5ccc(F)cc5)n4n3)cc2nc1C. The Hall–Kier alpha value is -3.72. The van der Waals surface area contributed by atoms with E-state index in [2.05, 4.69) is 25.4 Å². The maximum absolute atomic E-state index is 13.2. The minimum atomic E-state index is -0.335. The Morgan fingerprint density at radius 2 is 1.73 bits per heavy atom. The Bertz CT molecular complexity index is 1420. The van der Waals surface area contributed by atoms with Gasteiger partial charge in [-0.05, 0) is 56.3 Å². The van der Waals surface area contributed by atoms with E-state index in [1.165, 1.54) is 23.5 Å². The summed E-state index contributed by atoms with van der Waals surface area (Å²) < 4.78 is 14.8. The number of halogens is 1. The van der Waals surface area contributed by atoms with Gasteiger partial charge in [-0.1, -0.05) is 0 Å². The van der Waals surface area contributed by atoms with Gasteiger partial charge in [0, 0.05) is 16.5 Å². The van der Waals surface area contributed by atoms with Crippen LogP contribution in [-0.2, 0) is 0 Å². The van der Waals surface area contributed by atoms with Gasteiger partial charge in [-0.3, -0.25) is 10.1 Å². The summed E-state index contributed by atoms with van der Waals surface area (Å²) in [6, 6.07) is 11.3. The maximum atomic E-state index is 13.2. The molecule has 0 aliphatic carbocycles. The van der Waals surface area contributed by atoms with Crippen LogP contribution in [0.5, 0.6) is 0 Å². The van der Waals surface area contributed by atoms with E-state index >= 15 is 0 Å². The number of thiazole rings is 1. The lowest BCUT2D eigenvalue weighted by atomic mass is 10.1. The summed E-state index contributed by atoms with van der Waals surface area (Å²) in [7, 11) is 0. The molecule has 3 heterocycles. The van der Waals surface area contributed by atoms with E-state index in [0.29, 0.717) is 16.0 Å². The van der Waals surface area contributed by atoms with Gasteiger partial charge in [0.05, 0.1) is 28.1 Å². The zero-order valence-corrected chi connectivity index (χ0v) is 16.9. The van der Waals surface area contributed by atoms with E-state index in [4.69, 9.17) is 0 Å². The number of aryl methyl sites for hydroxylation is 2. The van der Waals surface area contributed by atoms with Crippen LogP contribution in [0.2, 0.25) is 0 Å². The number of benzene rings is 2. The summed E-state index contributed by atoms with van der Waals surface area (Å²) in [5.41, 5.74) is 5.10. The molecule has 0 spiro atoms. The molecule has 7 nitrogen and oxygen atoms in total. The lowest BCUT2D eigenvalue weighted by Gasteiger charge is -2.05. The molecule has 2 aromatic carbocycles. The van der Waals surface area contributed by atoms with Crippen molar-refractivity contribution in [2.75, 3.05) is 5.32 Å². The predicted octanol–water partition coefficient (Wildman–Crippen LogP) is 4.41. The first-order valence-corrected chi connectivity index (χ1v) is 10.0. The van der Waals surface area contributed by atoms with Crippen LogP contribution >= 0.6 is 11.3 Å². The van der Waals surface area contributed by atoms with Crippen molar-refractivity contribution >= 4 is 39.2 Å². The second kappa shape index (κ2) is 6.96. The quantitative estimate of drug-likeness (QED) is 0.469. The Balaban J connectivity index is 1.44. The van der Waals surface area contributed by atoms with Crippen molar-refractivity contribution in [3.63, 3.8) is 0 Å². The number of anilines is 1. The van der Waals surface area contributed by atoms with Gasteiger partial charge in [0.15, 0.2) is 0 Å². The summed E-state index contributed by atoms with van der Waals surface area (Å²) in [5, 5.41) is 9.01. The summed E-state index contributed by atoms with van der Waals surface area (Å²) in [6.07, 6.45) is 0. The standard InChI is InChI=1S/C21H15FN6OS/c1-11-12(2)24-17-9-14(5-8-16(17)23-11)19(29)25-20-26-21-28(27-20)18(10-30-21)13-3-6-15(22)7-4-13/h3-10H,1-2H3,(H,25,27,29). The number of nitrogens with zero attached hydrogens (tertiary/aromatic N) is 5. The largest absolute Gasteiger partial charge is 0.289 e. The normalized spacial score (nSPS) is 11.3. The highest BCUT2D eigenvalue weighted by molar-refractivity contribution is 7.15. The van der Waals surface area contributed by atoms with E-state index in [1.807, 2.05) is 19.2 Å². The molecule has 5 rings (SSSR count). The third-order valence-electron chi connectivity index (χ3n) is 4.78. The van der Waals surface area contributed by atoms with Crippen molar-refractivity contribution in [2.45, 2.75) is 13.8 Å². The molecule has 0 aliphatic heterocycles. The Morgan fingerprint density at radius 1 is 1.00 bits per heavy atom. The smallest absolute Gasteiger partial charge is 0.258 e. The van der Waals surface area contributed by atoms with Crippen LogP contribution in [0.1, 0.15) is 21.7 Å². The van der Waals surface area contributed by atoms with Crippen LogP contribution in [0.3, 0.4) is 0 Å². The molecule has 9 heteroatoms. The zero-order chi connectivity index (χ0) is 20.8. The first-order valence-electron chi connectivity index (χ1n) is 9.14. The number of amides is 1. The molecule has 0 fully saturated rings. The molecule has 0 bridgehead atoms. The molecule has 148 valence electrons. The molecule has 0 unspecified atom stereocenters. The monoisotopic (exact) mass is 418 g/mol. The lowest BCUT2D eigenvalue weighted by Crippen LogP contribution is -2.13. The minimum Gasteiger partial charge on any atom is -0.289 e. The number of nitrogens with one attached hydrogen (secondary N) is 1. The van der Waals surface area contributed by atoms with E-state index < -0.39 is 0 Å². The van der Waals surface area contributed by atoms with Crippen LogP contribution in [-0.4, -0.2) is 30.5 Å². The summed E-state index contributed by atoms with van der Waals surface area (Å²) in [6.45, 7) is 3.79. The van der Waals surface area contributed by atoms with Crippen molar-refractivity contribution in [1.29, 1.82) is 0 Å². The Kier molecular flexibility index (Phi) is 4.25. The molecule has 0 aliphatic rings. The number of rotatable bonds is 3. The fourth-order valence-electron chi connectivity index (χ4n) is 3.10. The molecule has 0 atom stereocenters. The van der Waals surface area contributed by atoms with Gasteiger partial charge in [0.1, 0.15) is 5.82 Å². The average Bonchev–Trinajstić information content (AvgIpc) is 3.29. The Labute approximate surface area is 174 Å². The van der Waals surface area contributed by atoms with Crippen LogP contribution in [0, 0.1) is 19.7 Å². The first-order chi connectivity index (χ1) is 14.5. The highest BCUT2D eigenvalue weighted by Gasteiger charge is 2.15. The fourth-order valence-corrected chi connectivity index (χ4v) is 3.93. The lowest BCUT2D eigenvalue weighted by molar-refractivity contribution is 0.102. The second-order valence-corrected chi connectivity index (χ2v) is 7.65. The molecule has 1 amide bonds. The maximum Gasteiger partial charge on any atom is 0.258 e. The number of carbonyl (C=O) groups excluding carboxylic acids is 1. The molecule has 1 N–H and O–H groups in total. The number of aromatic nitrogens is 5. The van der Waals surface area contributed by atoms with E-state index in [9.17, 15) is 9.18 Å². The second-order valence-electron chi connectivity index (χ2n) is 6.81. The molecule has 0 saturated carbocycles. The van der Waals surface area contributed by atoms with E-state index in [0.717, 1.165) is 28.2 Å². The number of carbonyl (C=O) groups is 1. The van der Waals surface area contributed by atoms with Crippen LogP contribution in [0.25, 0.3) is 27.3 Å². The molecular formula is C21H15FN6OS. The van der Waals surface area contributed by atoms with Gasteiger partial charge in [0.25, 0.3) is 11.9 Å². The van der Waals surface area contributed by atoms with Gasteiger partial charge in [-0.15, -0.1) is 16.4 Å². The van der Waals surface area contributed by atoms with Crippen LogP contribution < -0.4 is 5.32 Å². The molecular weight excluding hydrogens is 403 g/mol. The molecule has 30 heavy (non-hydrogen) atoms. The van der Waals surface area contributed by atoms with Gasteiger partial charge < -0.3 is 0 Å². The van der Waals surface area contributed by atoms with Gasteiger partial charge in [-0.25, -0.2) is 18.9 Å². The van der Waals surface area contributed by atoms with Gasteiger partial charge >= 0.3 is 0 Å². The highest BCUT2D eigenvalue weighted by atomic mass is 32.1. The van der Waals surface area contributed by atoms with Crippen molar-refractivity contribution in [3.8, 4) is 11.3 Å². The highest BCUT2D eigenvalue weighted by Crippen LogP contribution is 2.26. The predicted molar refractivity (Wildman–Crippen MR) is 113 cm³/mol. The molecule has 3 aromatic heterocycles. The van der Waals surface area contributed by atoms with E-state index in [-0.39, 0.29) is 17.7 Å². The Morgan fingerprint density at radius 3 is 2.50 bits per heavy atom. The fraction of sp³-hybridized carbons (Fsp3) is 0.0952. The van der Waals surface area contributed by atoms with Crippen molar-refractivity contribution in [2.24, 2.45) is 0 Å². The van der Waals surface area contributed by atoms with E-state index in [1.54, 1.807) is 34.8 Å². The third kappa shape index (κ3) is 3.18. The number of hydrogen-bond acceptors (Lipinski definition) is 6. The van der Waals surface area contributed by atoms with Crippen molar-refractivity contribution < 1.29 is 9.18 Å². The zero-order valence-electron chi connectivity index (χ0n) is 16.0. The summed E-state index contributed by atoms with van der Waals surface area (Å²) in [5.74, 6) is -0.442. The van der Waals surface area contributed by atoms with Crippen molar-refractivity contribution in [3.05, 3.63) is 70.6 Å². The summed E-state index contributed by atoms with van der Waals surface area (Å²) >= 11 is 1.39. The van der Waals surface area contributed by atoms with Gasteiger partial charge in [0.2, 0.25) is 4.96 Å². The van der Waals surface area contributed by atoms with Crippen LogP contribution in [0.4, 0.5) is 10.3 Å². The topological polar surface area (TPSA) is 85.1 Å². The first kappa shape index (κ1) is 18.3. The van der Waals surface area contributed by atoms with Crippen molar-refractivity contribution in [1.82, 2.24) is 24.6 Å². The molecule has 0 saturated heterocycles. The van der Waals surface area contributed by atoms with Crippen LogP contribution in [0.15, 0.2) is 47.8 Å². The minimum absolute atomic E-state index is 0.196. The number of fused-ring (bicyclic) bond motifs is 2. The third-order valence-corrected chi connectivity index (χ3v) is 5.60. The number of hydrogen-bond donors (Lipinski definition) is 1. The average molecular weight is 418 g/mol.